The van der Waals surface area contributed by atoms with Gasteiger partial charge in [0.05, 0.1) is 0 Å². The molecule has 0 aromatic carbocycles. The molecule has 0 spiro atoms. The highest BCUT2D eigenvalue weighted by Gasteiger charge is 2.40. The second kappa shape index (κ2) is 3.37. The molecule has 1 nitrogen and oxygen atoms in total. The summed E-state index contributed by atoms with van der Waals surface area (Å²) in [6.45, 7) is 11.9. The summed E-state index contributed by atoms with van der Waals surface area (Å²) in [4.78, 5) is 0. The fourth-order valence-electron chi connectivity index (χ4n) is 2.44. The number of piperidine rings is 1. The van der Waals surface area contributed by atoms with E-state index in [9.17, 15) is 0 Å². The van der Waals surface area contributed by atoms with Crippen LogP contribution in [0.25, 0.3) is 0 Å². The Morgan fingerprint density at radius 2 is 2.00 bits per heavy atom. The summed E-state index contributed by atoms with van der Waals surface area (Å²) < 4.78 is 0. The molecule has 0 aromatic rings. The van der Waals surface area contributed by atoms with Crippen LogP contribution in [-0.4, -0.2) is 13.1 Å². The average Bonchev–Trinajstić information content (AvgIpc) is 2.04. The molecule has 1 aliphatic rings. The Balaban J connectivity index is 2.73. The van der Waals surface area contributed by atoms with Gasteiger partial charge in [0.2, 0.25) is 0 Å². The SMILES string of the molecule is CCC1(C(C)(C)C)CCCNC1. The van der Waals surface area contributed by atoms with Crippen molar-refractivity contribution < 1.29 is 0 Å². The lowest BCUT2D eigenvalue weighted by Crippen LogP contribution is -2.47. The van der Waals surface area contributed by atoms with Crippen LogP contribution >= 0.6 is 0 Å². The number of rotatable bonds is 1. The van der Waals surface area contributed by atoms with Crippen molar-refractivity contribution in [2.45, 2.75) is 47.0 Å². The number of nitrogens with one attached hydrogen (secondary N) is 1. The van der Waals surface area contributed by atoms with Crippen molar-refractivity contribution >= 4 is 0 Å². The van der Waals surface area contributed by atoms with Crippen LogP contribution in [0.3, 0.4) is 0 Å². The van der Waals surface area contributed by atoms with Crippen molar-refractivity contribution in [3.8, 4) is 0 Å². The first-order chi connectivity index (χ1) is 5.52. The molecule has 1 saturated heterocycles. The fourth-order valence-corrected chi connectivity index (χ4v) is 2.44. The number of hydrogen-bond donors (Lipinski definition) is 1. The van der Waals surface area contributed by atoms with Crippen molar-refractivity contribution in [1.82, 2.24) is 5.32 Å². The topological polar surface area (TPSA) is 12.0 Å². The van der Waals surface area contributed by atoms with Crippen molar-refractivity contribution in [3.05, 3.63) is 0 Å². The maximum Gasteiger partial charge on any atom is 0.00127 e. The van der Waals surface area contributed by atoms with Gasteiger partial charge in [-0.15, -0.1) is 0 Å². The third kappa shape index (κ3) is 1.66. The third-order valence-electron chi connectivity index (χ3n) is 3.74. The summed E-state index contributed by atoms with van der Waals surface area (Å²) in [5.41, 5.74) is 1.00. The maximum atomic E-state index is 3.53. The minimum atomic E-state index is 0.454. The van der Waals surface area contributed by atoms with Crippen molar-refractivity contribution in [1.29, 1.82) is 0 Å². The zero-order chi connectivity index (χ0) is 9.24. The molecule has 0 amide bonds. The highest BCUT2D eigenvalue weighted by molar-refractivity contribution is 4.93. The molecule has 12 heavy (non-hydrogen) atoms. The molecule has 1 fully saturated rings. The first-order valence-corrected chi connectivity index (χ1v) is 5.22. The van der Waals surface area contributed by atoms with Crippen LogP contribution in [0.4, 0.5) is 0 Å². The van der Waals surface area contributed by atoms with Crippen LogP contribution in [0.5, 0.6) is 0 Å². The first kappa shape index (κ1) is 10.0. The minimum absolute atomic E-state index is 0.454. The molecule has 1 rings (SSSR count). The van der Waals surface area contributed by atoms with E-state index in [-0.39, 0.29) is 0 Å². The molecule has 1 N–H and O–H groups in total. The maximum absolute atomic E-state index is 3.53. The fraction of sp³-hybridized carbons (Fsp3) is 1.00. The summed E-state index contributed by atoms with van der Waals surface area (Å²) in [5, 5.41) is 3.53. The molecule has 0 saturated carbocycles. The lowest BCUT2D eigenvalue weighted by Gasteiger charge is -2.47. The molecule has 0 aliphatic carbocycles. The van der Waals surface area contributed by atoms with E-state index in [2.05, 4.69) is 33.0 Å². The zero-order valence-electron chi connectivity index (χ0n) is 9.04. The third-order valence-corrected chi connectivity index (χ3v) is 3.74. The molecule has 0 radical (unpaired) electrons. The van der Waals surface area contributed by atoms with Gasteiger partial charge >= 0.3 is 0 Å². The van der Waals surface area contributed by atoms with E-state index in [0.717, 1.165) is 0 Å². The lowest BCUT2D eigenvalue weighted by atomic mass is 9.61. The largest absolute Gasteiger partial charge is 0.316 e. The van der Waals surface area contributed by atoms with Crippen LogP contribution in [0.2, 0.25) is 0 Å². The smallest absolute Gasteiger partial charge is 0.00127 e. The first-order valence-electron chi connectivity index (χ1n) is 5.22. The number of hydrogen-bond acceptors (Lipinski definition) is 1. The van der Waals surface area contributed by atoms with Gasteiger partial charge in [-0.25, -0.2) is 0 Å². The zero-order valence-corrected chi connectivity index (χ0v) is 9.04. The van der Waals surface area contributed by atoms with E-state index in [0.29, 0.717) is 10.8 Å². The Morgan fingerprint density at radius 3 is 2.25 bits per heavy atom. The van der Waals surface area contributed by atoms with E-state index >= 15 is 0 Å². The summed E-state index contributed by atoms with van der Waals surface area (Å²) >= 11 is 0. The monoisotopic (exact) mass is 169 g/mol. The van der Waals surface area contributed by atoms with E-state index < -0.39 is 0 Å². The minimum Gasteiger partial charge on any atom is -0.316 e. The van der Waals surface area contributed by atoms with Gasteiger partial charge in [0.15, 0.2) is 0 Å². The second-order valence-corrected chi connectivity index (χ2v) is 5.16. The van der Waals surface area contributed by atoms with Gasteiger partial charge in [-0.3, -0.25) is 0 Å². The highest BCUT2D eigenvalue weighted by Crippen LogP contribution is 2.45. The van der Waals surface area contributed by atoms with E-state index in [4.69, 9.17) is 0 Å². The molecule has 1 heteroatoms. The molecule has 1 heterocycles. The summed E-state index contributed by atoms with van der Waals surface area (Å²) in [6, 6.07) is 0. The van der Waals surface area contributed by atoms with Gasteiger partial charge in [-0.05, 0) is 36.6 Å². The summed E-state index contributed by atoms with van der Waals surface area (Å²) in [6.07, 6.45) is 4.06. The van der Waals surface area contributed by atoms with Crippen LogP contribution in [-0.2, 0) is 0 Å². The molecular formula is C11H23N. The van der Waals surface area contributed by atoms with Gasteiger partial charge in [0.25, 0.3) is 0 Å². The second-order valence-electron chi connectivity index (χ2n) is 5.16. The van der Waals surface area contributed by atoms with E-state index in [1.165, 1.54) is 32.4 Å². The van der Waals surface area contributed by atoms with Gasteiger partial charge in [-0.2, -0.15) is 0 Å². The quantitative estimate of drug-likeness (QED) is 0.636. The average molecular weight is 169 g/mol. The van der Waals surface area contributed by atoms with Crippen LogP contribution in [0.15, 0.2) is 0 Å². The Bertz CT molecular complexity index is 138. The van der Waals surface area contributed by atoms with E-state index in [1.807, 2.05) is 0 Å². The predicted octanol–water partition coefficient (Wildman–Crippen LogP) is 2.81. The molecular weight excluding hydrogens is 146 g/mol. The van der Waals surface area contributed by atoms with Gasteiger partial charge in [-0.1, -0.05) is 27.7 Å². The Hall–Kier alpha value is -0.0400. The van der Waals surface area contributed by atoms with Crippen molar-refractivity contribution in [3.63, 3.8) is 0 Å². The van der Waals surface area contributed by atoms with Crippen LogP contribution in [0.1, 0.15) is 47.0 Å². The lowest BCUT2D eigenvalue weighted by molar-refractivity contribution is 0.0492. The standard InChI is InChI=1S/C11H23N/c1-5-11(10(2,3)4)7-6-8-12-9-11/h12H,5-9H2,1-4H3. The Kier molecular flexibility index (Phi) is 2.82. The molecule has 0 aromatic heterocycles. The highest BCUT2D eigenvalue weighted by atomic mass is 14.9. The predicted molar refractivity (Wildman–Crippen MR) is 54.3 cm³/mol. The Morgan fingerprint density at radius 1 is 1.33 bits per heavy atom. The summed E-state index contributed by atoms with van der Waals surface area (Å²) in [5.74, 6) is 0. The van der Waals surface area contributed by atoms with Gasteiger partial charge < -0.3 is 5.32 Å². The molecule has 1 atom stereocenters. The molecule has 0 bridgehead atoms. The van der Waals surface area contributed by atoms with Crippen molar-refractivity contribution in [2.24, 2.45) is 10.8 Å². The summed E-state index contributed by atoms with van der Waals surface area (Å²) in [7, 11) is 0. The normalized spacial score (nSPS) is 32.0. The molecule has 72 valence electrons. The van der Waals surface area contributed by atoms with Gasteiger partial charge in [0, 0.05) is 6.54 Å². The van der Waals surface area contributed by atoms with Crippen LogP contribution < -0.4 is 5.32 Å². The molecule has 1 unspecified atom stereocenters. The van der Waals surface area contributed by atoms with Gasteiger partial charge in [0.1, 0.15) is 0 Å². The van der Waals surface area contributed by atoms with Crippen LogP contribution in [0, 0.1) is 10.8 Å². The molecule has 1 aliphatic heterocycles. The van der Waals surface area contributed by atoms with E-state index in [1.54, 1.807) is 0 Å². The van der Waals surface area contributed by atoms with Crippen molar-refractivity contribution in [2.75, 3.05) is 13.1 Å². The Labute approximate surface area is 76.9 Å².